The van der Waals surface area contributed by atoms with E-state index >= 15 is 0 Å². The molecule has 0 saturated carbocycles. The van der Waals surface area contributed by atoms with E-state index in [9.17, 15) is 0 Å². The number of rotatable bonds is 4. The van der Waals surface area contributed by atoms with Gasteiger partial charge in [0, 0.05) is 32.7 Å². The number of nitrogens with zero attached hydrogens (tertiary/aromatic N) is 2. The van der Waals surface area contributed by atoms with E-state index in [-0.39, 0.29) is 0 Å². The monoisotopic (exact) mass is 233 g/mol. The third-order valence-electron chi connectivity index (χ3n) is 3.44. The van der Waals surface area contributed by atoms with Crippen LogP contribution in [-0.4, -0.2) is 43.1 Å². The Bertz CT molecular complexity index is 326. The zero-order valence-corrected chi connectivity index (χ0v) is 10.9. The molecule has 3 heteroatoms. The van der Waals surface area contributed by atoms with Gasteiger partial charge in [-0.1, -0.05) is 31.2 Å². The van der Waals surface area contributed by atoms with E-state index in [1.54, 1.807) is 0 Å². The Morgan fingerprint density at radius 2 is 1.59 bits per heavy atom. The van der Waals surface area contributed by atoms with Crippen molar-refractivity contribution in [1.29, 1.82) is 0 Å². The first-order valence-corrected chi connectivity index (χ1v) is 6.52. The summed E-state index contributed by atoms with van der Waals surface area (Å²) in [7, 11) is 2.18. The topological polar surface area (TPSA) is 18.5 Å². The maximum absolute atomic E-state index is 3.50. The number of hydrogen-bond acceptors (Lipinski definition) is 3. The first-order valence-electron chi connectivity index (χ1n) is 6.52. The van der Waals surface area contributed by atoms with Crippen LogP contribution in [0.3, 0.4) is 0 Å². The molecule has 1 saturated heterocycles. The summed E-state index contributed by atoms with van der Waals surface area (Å²) < 4.78 is 0. The molecule has 0 radical (unpaired) electrons. The highest BCUT2D eigenvalue weighted by molar-refractivity contribution is 5.22. The average molecular weight is 233 g/mol. The van der Waals surface area contributed by atoms with Gasteiger partial charge in [-0.2, -0.15) is 0 Å². The molecule has 17 heavy (non-hydrogen) atoms. The van der Waals surface area contributed by atoms with Crippen LogP contribution in [0, 0.1) is 0 Å². The summed E-state index contributed by atoms with van der Waals surface area (Å²) in [6.45, 7) is 7.67. The minimum absolute atomic E-state index is 0.938. The van der Waals surface area contributed by atoms with E-state index in [0.717, 1.165) is 39.1 Å². The van der Waals surface area contributed by atoms with Gasteiger partial charge in [0.15, 0.2) is 0 Å². The first-order chi connectivity index (χ1) is 8.28. The lowest BCUT2D eigenvalue weighted by molar-refractivity contribution is 0.102. The number of likely N-dealkylation sites (N-methyl/N-ethyl adjacent to an activating group) is 1. The summed E-state index contributed by atoms with van der Waals surface area (Å²) in [5, 5.41) is 2.33. The Morgan fingerprint density at radius 1 is 1.00 bits per heavy atom. The van der Waals surface area contributed by atoms with Gasteiger partial charge in [-0.15, -0.1) is 0 Å². The molecular weight excluding hydrogens is 210 g/mol. The normalized spacial score (nSPS) is 18.5. The molecule has 94 valence electrons. The van der Waals surface area contributed by atoms with Crippen LogP contribution in [0.15, 0.2) is 24.3 Å². The highest BCUT2D eigenvalue weighted by Crippen LogP contribution is 2.05. The van der Waals surface area contributed by atoms with Gasteiger partial charge in [-0.25, -0.2) is 5.01 Å². The van der Waals surface area contributed by atoms with Crippen molar-refractivity contribution >= 4 is 0 Å². The summed E-state index contributed by atoms with van der Waals surface area (Å²) in [4.78, 5) is 2.37. The molecule has 1 aliphatic rings. The third kappa shape index (κ3) is 3.80. The minimum Gasteiger partial charge on any atom is -0.304 e. The predicted molar refractivity (Wildman–Crippen MR) is 71.7 cm³/mol. The van der Waals surface area contributed by atoms with Gasteiger partial charge in [0.25, 0.3) is 0 Å². The second-order valence-corrected chi connectivity index (χ2v) is 4.80. The highest BCUT2D eigenvalue weighted by Gasteiger charge is 2.12. The van der Waals surface area contributed by atoms with Crippen LogP contribution < -0.4 is 5.43 Å². The van der Waals surface area contributed by atoms with Crippen molar-refractivity contribution in [2.75, 3.05) is 33.2 Å². The van der Waals surface area contributed by atoms with Crippen molar-refractivity contribution in [3.63, 3.8) is 0 Å². The summed E-state index contributed by atoms with van der Waals surface area (Å²) in [6.07, 6.45) is 1.12. The minimum atomic E-state index is 0.938. The van der Waals surface area contributed by atoms with Crippen molar-refractivity contribution in [3.8, 4) is 0 Å². The summed E-state index contributed by atoms with van der Waals surface area (Å²) in [5.74, 6) is 0. The Hall–Kier alpha value is -0.900. The Balaban J connectivity index is 1.77. The summed E-state index contributed by atoms with van der Waals surface area (Å²) in [5.41, 5.74) is 6.28. The van der Waals surface area contributed by atoms with Crippen LogP contribution in [-0.2, 0) is 13.0 Å². The van der Waals surface area contributed by atoms with Gasteiger partial charge < -0.3 is 4.90 Å². The van der Waals surface area contributed by atoms with Gasteiger partial charge in [0.1, 0.15) is 0 Å². The molecule has 0 aromatic heterocycles. The van der Waals surface area contributed by atoms with E-state index in [0.29, 0.717) is 0 Å². The molecule has 1 fully saturated rings. The smallest absolute Gasteiger partial charge is 0.0353 e. The second kappa shape index (κ2) is 6.15. The molecule has 1 aromatic carbocycles. The summed E-state index contributed by atoms with van der Waals surface area (Å²) in [6, 6.07) is 8.89. The number of hydrazine groups is 1. The summed E-state index contributed by atoms with van der Waals surface area (Å²) >= 11 is 0. The number of nitrogens with one attached hydrogen (secondary N) is 1. The van der Waals surface area contributed by atoms with Crippen molar-refractivity contribution in [3.05, 3.63) is 35.4 Å². The van der Waals surface area contributed by atoms with Gasteiger partial charge >= 0.3 is 0 Å². The Morgan fingerprint density at radius 3 is 2.18 bits per heavy atom. The molecular formula is C14H23N3. The fourth-order valence-electron chi connectivity index (χ4n) is 2.06. The standard InChI is InChI=1S/C14H23N3/c1-3-13-4-6-14(7-5-13)12-15-17-10-8-16(2)9-11-17/h4-7,15H,3,8-12H2,1-2H3. The quantitative estimate of drug-likeness (QED) is 0.850. The van der Waals surface area contributed by atoms with Crippen LogP contribution >= 0.6 is 0 Å². The van der Waals surface area contributed by atoms with E-state index in [2.05, 4.69) is 53.6 Å². The van der Waals surface area contributed by atoms with Gasteiger partial charge in [0.05, 0.1) is 0 Å². The number of hydrogen-bond donors (Lipinski definition) is 1. The van der Waals surface area contributed by atoms with Gasteiger partial charge in [-0.05, 0) is 24.6 Å². The molecule has 1 aromatic rings. The fraction of sp³-hybridized carbons (Fsp3) is 0.571. The second-order valence-electron chi connectivity index (χ2n) is 4.80. The van der Waals surface area contributed by atoms with Crippen LogP contribution in [0.4, 0.5) is 0 Å². The van der Waals surface area contributed by atoms with Gasteiger partial charge in [-0.3, -0.25) is 5.43 Å². The molecule has 0 bridgehead atoms. The van der Waals surface area contributed by atoms with E-state index in [4.69, 9.17) is 0 Å². The van der Waals surface area contributed by atoms with Crippen molar-refractivity contribution < 1.29 is 0 Å². The maximum Gasteiger partial charge on any atom is 0.0353 e. The van der Waals surface area contributed by atoms with Crippen molar-refractivity contribution in [2.45, 2.75) is 19.9 Å². The molecule has 1 aliphatic heterocycles. The van der Waals surface area contributed by atoms with E-state index in [1.807, 2.05) is 0 Å². The average Bonchev–Trinajstić information content (AvgIpc) is 2.39. The van der Waals surface area contributed by atoms with Crippen LogP contribution in [0.25, 0.3) is 0 Å². The van der Waals surface area contributed by atoms with Crippen LogP contribution in [0.5, 0.6) is 0 Å². The molecule has 1 heterocycles. The van der Waals surface area contributed by atoms with Crippen LogP contribution in [0.2, 0.25) is 0 Å². The van der Waals surface area contributed by atoms with E-state index < -0.39 is 0 Å². The maximum atomic E-state index is 3.50. The largest absolute Gasteiger partial charge is 0.304 e. The lowest BCUT2D eigenvalue weighted by atomic mass is 10.1. The van der Waals surface area contributed by atoms with Gasteiger partial charge in [0.2, 0.25) is 0 Å². The lowest BCUT2D eigenvalue weighted by Crippen LogP contribution is -2.50. The van der Waals surface area contributed by atoms with E-state index in [1.165, 1.54) is 11.1 Å². The zero-order valence-electron chi connectivity index (χ0n) is 10.9. The molecule has 1 N–H and O–H groups in total. The molecule has 0 amide bonds. The Labute approximate surface area is 104 Å². The highest BCUT2D eigenvalue weighted by atomic mass is 15.5. The molecule has 0 aliphatic carbocycles. The Kier molecular flexibility index (Phi) is 4.54. The predicted octanol–water partition coefficient (Wildman–Crippen LogP) is 1.50. The van der Waals surface area contributed by atoms with Crippen molar-refractivity contribution in [1.82, 2.24) is 15.3 Å². The fourth-order valence-corrected chi connectivity index (χ4v) is 2.06. The first kappa shape index (κ1) is 12.6. The SMILES string of the molecule is CCc1ccc(CNN2CCN(C)CC2)cc1. The lowest BCUT2D eigenvalue weighted by Gasteiger charge is -2.32. The molecule has 0 spiro atoms. The molecule has 3 nitrogen and oxygen atoms in total. The number of aryl methyl sites for hydroxylation is 1. The van der Waals surface area contributed by atoms with Crippen LogP contribution in [0.1, 0.15) is 18.1 Å². The third-order valence-corrected chi connectivity index (χ3v) is 3.44. The zero-order chi connectivity index (χ0) is 12.1. The molecule has 0 unspecified atom stereocenters. The van der Waals surface area contributed by atoms with Crippen molar-refractivity contribution in [2.24, 2.45) is 0 Å². The molecule has 0 atom stereocenters. The number of benzene rings is 1. The number of piperazine rings is 1. The molecule has 2 rings (SSSR count).